The lowest BCUT2D eigenvalue weighted by Gasteiger charge is -1.97. The van der Waals surface area contributed by atoms with Crippen LogP contribution in [0.2, 0.25) is 5.02 Å². The lowest BCUT2D eigenvalue weighted by atomic mass is 10.1. The third kappa shape index (κ3) is 3.28. The highest BCUT2D eigenvalue weighted by atomic mass is 35.5. The van der Waals surface area contributed by atoms with Gasteiger partial charge in [-0.05, 0) is 42.8 Å². The summed E-state index contributed by atoms with van der Waals surface area (Å²) < 4.78 is 0. The minimum Gasteiger partial charge on any atom is -0.289 e. The third-order valence-electron chi connectivity index (χ3n) is 2.46. The summed E-state index contributed by atoms with van der Waals surface area (Å²) in [6.07, 6.45) is 5.04. The molecule has 0 saturated carbocycles. The number of carbonyl (C=O) groups excluding carboxylic acids is 1. The van der Waals surface area contributed by atoms with Crippen molar-refractivity contribution >= 4 is 23.5 Å². The molecule has 0 amide bonds. The number of halogens is 1. The normalized spacial score (nSPS) is 10.8. The molecule has 1 heterocycles. The van der Waals surface area contributed by atoms with Gasteiger partial charge in [0.2, 0.25) is 0 Å². The molecule has 90 valence electrons. The molecule has 0 fully saturated rings. The van der Waals surface area contributed by atoms with Crippen LogP contribution in [0.5, 0.6) is 0 Å². The third-order valence-corrected chi connectivity index (χ3v) is 2.69. The summed E-state index contributed by atoms with van der Waals surface area (Å²) >= 11 is 5.84. The van der Waals surface area contributed by atoms with Crippen molar-refractivity contribution in [1.29, 1.82) is 0 Å². The molecule has 0 N–H and O–H groups in total. The van der Waals surface area contributed by atoms with Crippen molar-refractivity contribution in [3.63, 3.8) is 0 Å². The predicted molar refractivity (Wildman–Crippen MR) is 73.8 cm³/mol. The van der Waals surface area contributed by atoms with E-state index in [2.05, 4.69) is 4.98 Å². The molecule has 0 spiro atoms. The van der Waals surface area contributed by atoms with Gasteiger partial charge in [-0.15, -0.1) is 0 Å². The largest absolute Gasteiger partial charge is 0.289 e. The van der Waals surface area contributed by atoms with Crippen LogP contribution in [0.3, 0.4) is 0 Å². The average Bonchev–Trinajstić information content (AvgIpc) is 2.36. The lowest BCUT2D eigenvalue weighted by Crippen LogP contribution is -1.93. The molecule has 0 aliphatic rings. The first-order chi connectivity index (χ1) is 8.65. The Morgan fingerprint density at radius 1 is 1.28 bits per heavy atom. The first kappa shape index (κ1) is 12.5. The van der Waals surface area contributed by atoms with Gasteiger partial charge in [-0.1, -0.05) is 29.8 Å². The molecule has 2 nitrogen and oxygen atoms in total. The smallest absolute Gasteiger partial charge is 0.185 e. The number of hydrogen-bond acceptors (Lipinski definition) is 2. The van der Waals surface area contributed by atoms with Crippen molar-refractivity contribution in [2.45, 2.75) is 6.92 Å². The summed E-state index contributed by atoms with van der Waals surface area (Å²) in [4.78, 5) is 16.0. The molecule has 0 saturated heterocycles. The van der Waals surface area contributed by atoms with E-state index in [1.54, 1.807) is 42.6 Å². The minimum atomic E-state index is -0.0630. The van der Waals surface area contributed by atoms with Gasteiger partial charge in [0.05, 0.1) is 0 Å². The van der Waals surface area contributed by atoms with E-state index < -0.39 is 0 Å². The number of aryl methyl sites for hydroxylation is 1. The molecule has 1 aromatic heterocycles. The zero-order valence-corrected chi connectivity index (χ0v) is 10.7. The Balaban J connectivity index is 2.17. The van der Waals surface area contributed by atoms with Gasteiger partial charge in [0, 0.05) is 22.5 Å². The van der Waals surface area contributed by atoms with Crippen LogP contribution in [-0.2, 0) is 0 Å². The van der Waals surface area contributed by atoms with Crippen molar-refractivity contribution in [3.05, 3.63) is 70.5 Å². The summed E-state index contributed by atoms with van der Waals surface area (Å²) in [7, 11) is 0. The van der Waals surface area contributed by atoms with Gasteiger partial charge in [0.25, 0.3) is 0 Å². The first-order valence-electron chi connectivity index (χ1n) is 5.56. The number of allylic oxidation sites excluding steroid dienone is 1. The number of benzene rings is 1. The number of hydrogen-bond donors (Lipinski definition) is 0. The average molecular weight is 258 g/mol. The summed E-state index contributed by atoms with van der Waals surface area (Å²) in [6.45, 7) is 1.91. The van der Waals surface area contributed by atoms with Crippen molar-refractivity contribution in [2.24, 2.45) is 0 Å². The molecule has 0 radical (unpaired) electrons. The summed E-state index contributed by atoms with van der Waals surface area (Å²) in [5.74, 6) is -0.0630. The van der Waals surface area contributed by atoms with Gasteiger partial charge in [-0.25, -0.2) is 0 Å². The van der Waals surface area contributed by atoms with Crippen LogP contribution in [0.25, 0.3) is 6.08 Å². The van der Waals surface area contributed by atoms with Crippen molar-refractivity contribution in [2.75, 3.05) is 0 Å². The Morgan fingerprint density at radius 3 is 2.83 bits per heavy atom. The highest BCUT2D eigenvalue weighted by molar-refractivity contribution is 6.31. The topological polar surface area (TPSA) is 30.0 Å². The highest BCUT2D eigenvalue weighted by Gasteiger charge is 2.01. The summed E-state index contributed by atoms with van der Waals surface area (Å²) in [5.41, 5.74) is 2.47. The SMILES string of the molecule is Cc1cc(/C=C\C(=O)c2cccc(Cl)c2)ccn1. The molecule has 2 rings (SSSR count). The molecule has 0 bridgehead atoms. The van der Waals surface area contributed by atoms with E-state index in [0.29, 0.717) is 10.6 Å². The molecule has 0 unspecified atom stereocenters. The van der Waals surface area contributed by atoms with E-state index in [0.717, 1.165) is 11.3 Å². The number of aromatic nitrogens is 1. The highest BCUT2D eigenvalue weighted by Crippen LogP contribution is 2.12. The van der Waals surface area contributed by atoms with Crippen LogP contribution in [0.1, 0.15) is 21.6 Å². The van der Waals surface area contributed by atoms with Gasteiger partial charge in [0.1, 0.15) is 0 Å². The Hall–Kier alpha value is -1.93. The van der Waals surface area contributed by atoms with Crippen LogP contribution in [0.15, 0.2) is 48.7 Å². The fraction of sp³-hybridized carbons (Fsp3) is 0.0667. The monoisotopic (exact) mass is 257 g/mol. The van der Waals surface area contributed by atoms with Crippen LogP contribution >= 0.6 is 11.6 Å². The van der Waals surface area contributed by atoms with Gasteiger partial charge in [0.15, 0.2) is 5.78 Å². The maximum absolute atomic E-state index is 11.9. The van der Waals surface area contributed by atoms with E-state index in [4.69, 9.17) is 11.6 Å². The molecule has 1 aromatic carbocycles. The quantitative estimate of drug-likeness (QED) is 0.616. The molecule has 0 aliphatic carbocycles. The standard InChI is InChI=1S/C15H12ClNO/c1-11-9-12(7-8-17-11)5-6-15(18)13-3-2-4-14(16)10-13/h2-10H,1H3/b6-5-. The molecular weight excluding hydrogens is 246 g/mol. The van der Waals surface area contributed by atoms with E-state index in [9.17, 15) is 4.79 Å². The second-order valence-corrected chi connectivity index (χ2v) is 4.37. The maximum atomic E-state index is 11.9. The Morgan fingerprint density at radius 2 is 2.11 bits per heavy atom. The second-order valence-electron chi connectivity index (χ2n) is 3.94. The number of rotatable bonds is 3. The van der Waals surface area contributed by atoms with E-state index in [-0.39, 0.29) is 5.78 Å². The van der Waals surface area contributed by atoms with Gasteiger partial charge in [-0.2, -0.15) is 0 Å². The summed E-state index contributed by atoms with van der Waals surface area (Å²) in [6, 6.07) is 10.7. The Labute approximate surface area is 111 Å². The zero-order chi connectivity index (χ0) is 13.0. The molecule has 3 heteroatoms. The van der Waals surface area contributed by atoms with E-state index in [1.807, 2.05) is 19.1 Å². The second kappa shape index (κ2) is 5.61. The Kier molecular flexibility index (Phi) is 3.90. The zero-order valence-electron chi connectivity index (χ0n) is 9.93. The van der Waals surface area contributed by atoms with Crippen LogP contribution < -0.4 is 0 Å². The van der Waals surface area contributed by atoms with Crippen molar-refractivity contribution in [3.8, 4) is 0 Å². The van der Waals surface area contributed by atoms with Crippen molar-refractivity contribution in [1.82, 2.24) is 4.98 Å². The predicted octanol–water partition coefficient (Wildman–Crippen LogP) is 3.94. The number of ketones is 1. The molecule has 0 atom stereocenters. The van der Waals surface area contributed by atoms with Crippen LogP contribution in [-0.4, -0.2) is 10.8 Å². The minimum absolute atomic E-state index is 0.0630. The maximum Gasteiger partial charge on any atom is 0.185 e. The first-order valence-corrected chi connectivity index (χ1v) is 5.93. The van der Waals surface area contributed by atoms with Gasteiger partial charge in [-0.3, -0.25) is 9.78 Å². The van der Waals surface area contributed by atoms with Gasteiger partial charge >= 0.3 is 0 Å². The fourth-order valence-corrected chi connectivity index (χ4v) is 1.77. The number of pyridine rings is 1. The van der Waals surface area contributed by atoms with E-state index in [1.165, 1.54) is 0 Å². The Bertz CT molecular complexity index is 605. The molecule has 18 heavy (non-hydrogen) atoms. The van der Waals surface area contributed by atoms with Gasteiger partial charge < -0.3 is 0 Å². The van der Waals surface area contributed by atoms with Crippen molar-refractivity contribution < 1.29 is 4.79 Å². The molecule has 2 aromatic rings. The lowest BCUT2D eigenvalue weighted by molar-refractivity contribution is 0.104. The van der Waals surface area contributed by atoms with Crippen LogP contribution in [0, 0.1) is 6.92 Å². The molecule has 0 aliphatic heterocycles. The fourth-order valence-electron chi connectivity index (χ4n) is 1.58. The number of carbonyl (C=O) groups is 1. The van der Waals surface area contributed by atoms with E-state index >= 15 is 0 Å². The summed E-state index contributed by atoms with van der Waals surface area (Å²) in [5, 5.41) is 0.564. The number of nitrogens with zero attached hydrogens (tertiary/aromatic N) is 1. The van der Waals surface area contributed by atoms with Crippen LogP contribution in [0.4, 0.5) is 0 Å². The molecular formula is C15H12ClNO.